The van der Waals surface area contributed by atoms with Crippen molar-refractivity contribution >= 4 is 16.7 Å². The van der Waals surface area contributed by atoms with Gasteiger partial charge in [-0.05, 0) is 24.3 Å². The van der Waals surface area contributed by atoms with Crippen molar-refractivity contribution < 1.29 is 4.74 Å². The lowest BCUT2D eigenvalue weighted by atomic mass is 10.2. The van der Waals surface area contributed by atoms with Crippen LogP contribution in [0.2, 0.25) is 0 Å². The predicted octanol–water partition coefficient (Wildman–Crippen LogP) is 2.15. The molecular formula is C21H25N5O. The zero-order chi connectivity index (χ0) is 18.1. The van der Waals surface area contributed by atoms with Crippen LogP contribution in [-0.2, 0) is 4.74 Å². The molecule has 0 radical (unpaired) electrons. The number of piperazine rings is 1. The van der Waals surface area contributed by atoms with Crippen molar-refractivity contribution in [1.82, 2.24) is 14.6 Å². The fourth-order valence-corrected chi connectivity index (χ4v) is 4.21. The molecule has 0 saturated carbocycles. The lowest BCUT2D eigenvalue weighted by Crippen LogP contribution is -2.63. The molecule has 27 heavy (non-hydrogen) atoms. The Labute approximate surface area is 159 Å². The fraction of sp³-hybridized carbons (Fsp3) is 0.381. The maximum atomic E-state index is 5.86. The van der Waals surface area contributed by atoms with E-state index < -0.39 is 0 Å². The highest BCUT2D eigenvalue weighted by Crippen LogP contribution is 2.21. The first-order chi connectivity index (χ1) is 13.4. The summed E-state index contributed by atoms with van der Waals surface area (Å²) >= 11 is 0. The van der Waals surface area contributed by atoms with E-state index in [0.29, 0.717) is 0 Å². The number of ether oxygens (including phenoxy) is 1. The van der Waals surface area contributed by atoms with Gasteiger partial charge in [0.2, 0.25) is 0 Å². The van der Waals surface area contributed by atoms with E-state index >= 15 is 0 Å². The Hall–Kier alpha value is -2.57. The van der Waals surface area contributed by atoms with E-state index in [4.69, 9.17) is 4.74 Å². The van der Waals surface area contributed by atoms with Crippen LogP contribution in [0.15, 0.2) is 60.9 Å². The highest BCUT2D eigenvalue weighted by Gasteiger charge is 2.32. The van der Waals surface area contributed by atoms with Crippen molar-refractivity contribution in [2.75, 3.05) is 55.8 Å². The Kier molecular flexibility index (Phi) is 4.43. The number of fused-ring (bicyclic) bond motifs is 1. The molecule has 2 aliphatic rings. The second-order valence-electron chi connectivity index (χ2n) is 7.15. The molecule has 2 saturated heterocycles. The van der Waals surface area contributed by atoms with Crippen LogP contribution in [0.25, 0.3) is 10.9 Å². The maximum Gasteiger partial charge on any atom is 0.128 e. The first-order valence-corrected chi connectivity index (χ1v) is 9.71. The van der Waals surface area contributed by atoms with Gasteiger partial charge in [-0.1, -0.05) is 24.3 Å². The van der Waals surface area contributed by atoms with E-state index in [0.717, 1.165) is 51.8 Å². The molecular weight excluding hydrogens is 338 g/mol. The summed E-state index contributed by atoms with van der Waals surface area (Å²) in [6.45, 7) is 6.44. The minimum Gasteiger partial charge on any atom is -0.376 e. The van der Waals surface area contributed by atoms with Gasteiger partial charge in [0.15, 0.2) is 0 Å². The number of aromatic nitrogens is 2. The molecule has 140 valence electrons. The van der Waals surface area contributed by atoms with Crippen LogP contribution in [0.3, 0.4) is 0 Å². The zero-order valence-corrected chi connectivity index (χ0v) is 15.4. The highest BCUT2D eigenvalue weighted by molar-refractivity contribution is 5.80. The Morgan fingerprint density at radius 3 is 2.59 bits per heavy atom. The molecule has 0 spiro atoms. The molecule has 0 amide bonds. The van der Waals surface area contributed by atoms with E-state index in [2.05, 4.69) is 73.1 Å². The fourth-order valence-electron chi connectivity index (χ4n) is 4.21. The Balaban J connectivity index is 1.34. The summed E-state index contributed by atoms with van der Waals surface area (Å²) in [6, 6.07) is 16.9. The lowest BCUT2D eigenvalue weighted by Gasteiger charge is -2.47. The van der Waals surface area contributed by atoms with Crippen LogP contribution in [0, 0.1) is 0 Å². The second kappa shape index (κ2) is 7.21. The van der Waals surface area contributed by atoms with Crippen LogP contribution in [-0.4, -0.2) is 66.7 Å². The standard InChI is InChI=1S/C21H25N5O/c1-2-6-19-18(5-1)8-10-25(19)26-15-16-27-17-21(26)24-13-11-23(12-14-24)20-7-3-4-9-22-20/h1-10,21H,11-17H2. The van der Waals surface area contributed by atoms with Crippen LogP contribution >= 0.6 is 0 Å². The average Bonchev–Trinajstić information content (AvgIpc) is 3.19. The monoisotopic (exact) mass is 363 g/mol. The van der Waals surface area contributed by atoms with Crippen LogP contribution in [0.5, 0.6) is 0 Å². The first kappa shape index (κ1) is 16.6. The molecule has 2 aromatic heterocycles. The van der Waals surface area contributed by atoms with Gasteiger partial charge in [0, 0.05) is 44.0 Å². The van der Waals surface area contributed by atoms with Gasteiger partial charge in [-0.15, -0.1) is 0 Å². The lowest BCUT2D eigenvalue weighted by molar-refractivity contribution is 0.0131. The van der Waals surface area contributed by atoms with Gasteiger partial charge in [0.05, 0.1) is 25.3 Å². The van der Waals surface area contributed by atoms with Crippen LogP contribution < -0.4 is 9.91 Å². The second-order valence-corrected chi connectivity index (χ2v) is 7.15. The summed E-state index contributed by atoms with van der Waals surface area (Å²) in [5.74, 6) is 1.07. The number of para-hydroxylation sites is 1. The molecule has 2 fully saturated rings. The number of hydrogen-bond acceptors (Lipinski definition) is 5. The molecule has 0 aliphatic carbocycles. The molecule has 1 unspecified atom stereocenters. The maximum absolute atomic E-state index is 5.86. The molecule has 2 aliphatic heterocycles. The summed E-state index contributed by atoms with van der Waals surface area (Å²) in [7, 11) is 0. The molecule has 1 aromatic carbocycles. The minimum atomic E-state index is 0.264. The van der Waals surface area contributed by atoms with Gasteiger partial charge in [0.25, 0.3) is 0 Å². The molecule has 3 aromatic rings. The van der Waals surface area contributed by atoms with Gasteiger partial charge in [-0.25, -0.2) is 4.98 Å². The van der Waals surface area contributed by atoms with Crippen molar-refractivity contribution in [3.8, 4) is 0 Å². The molecule has 6 heteroatoms. The number of pyridine rings is 1. The average molecular weight is 363 g/mol. The molecule has 4 heterocycles. The molecule has 0 bridgehead atoms. The molecule has 1 atom stereocenters. The largest absolute Gasteiger partial charge is 0.376 e. The van der Waals surface area contributed by atoms with Gasteiger partial charge in [0.1, 0.15) is 12.0 Å². The summed E-state index contributed by atoms with van der Waals surface area (Å²) in [5, 5.41) is 3.74. The number of rotatable bonds is 3. The van der Waals surface area contributed by atoms with E-state index in [-0.39, 0.29) is 6.17 Å². The first-order valence-electron chi connectivity index (χ1n) is 9.71. The van der Waals surface area contributed by atoms with Gasteiger partial charge >= 0.3 is 0 Å². The Morgan fingerprint density at radius 1 is 0.889 bits per heavy atom. The van der Waals surface area contributed by atoms with Crippen molar-refractivity contribution in [2.24, 2.45) is 0 Å². The van der Waals surface area contributed by atoms with Gasteiger partial charge in [-0.2, -0.15) is 0 Å². The van der Waals surface area contributed by atoms with Gasteiger partial charge < -0.3 is 9.64 Å². The van der Waals surface area contributed by atoms with E-state index in [1.54, 1.807) is 0 Å². The highest BCUT2D eigenvalue weighted by atomic mass is 16.5. The van der Waals surface area contributed by atoms with Gasteiger partial charge in [-0.3, -0.25) is 14.6 Å². The summed E-state index contributed by atoms with van der Waals surface area (Å²) in [6.07, 6.45) is 4.32. The van der Waals surface area contributed by atoms with Crippen LogP contribution in [0.4, 0.5) is 5.82 Å². The topological polar surface area (TPSA) is 36.8 Å². The van der Waals surface area contributed by atoms with Crippen molar-refractivity contribution in [1.29, 1.82) is 0 Å². The normalized spacial score (nSPS) is 21.7. The molecule has 0 N–H and O–H groups in total. The number of morpholine rings is 1. The summed E-state index contributed by atoms with van der Waals surface area (Å²) in [4.78, 5) is 9.42. The Morgan fingerprint density at radius 2 is 1.74 bits per heavy atom. The number of benzene rings is 1. The molecule has 6 nitrogen and oxygen atoms in total. The number of anilines is 1. The summed E-state index contributed by atoms with van der Waals surface area (Å²) < 4.78 is 8.18. The number of nitrogens with zero attached hydrogens (tertiary/aromatic N) is 5. The third kappa shape index (κ3) is 3.15. The molecule has 5 rings (SSSR count). The third-order valence-electron chi connectivity index (χ3n) is 5.64. The van der Waals surface area contributed by atoms with E-state index in [9.17, 15) is 0 Å². The summed E-state index contributed by atoms with van der Waals surface area (Å²) in [5.41, 5.74) is 1.26. The van der Waals surface area contributed by atoms with Crippen molar-refractivity contribution in [3.05, 3.63) is 60.9 Å². The van der Waals surface area contributed by atoms with Crippen molar-refractivity contribution in [3.63, 3.8) is 0 Å². The Bertz CT molecular complexity index is 888. The smallest absolute Gasteiger partial charge is 0.128 e. The zero-order valence-electron chi connectivity index (χ0n) is 15.4. The third-order valence-corrected chi connectivity index (χ3v) is 5.64. The quantitative estimate of drug-likeness (QED) is 0.713. The minimum absolute atomic E-state index is 0.264. The van der Waals surface area contributed by atoms with E-state index in [1.807, 2.05) is 12.3 Å². The SMILES string of the molecule is c1ccc(N2CCN(C3COCCN3n3ccc4ccccc43)CC2)nc1. The van der Waals surface area contributed by atoms with Crippen molar-refractivity contribution in [2.45, 2.75) is 6.17 Å². The van der Waals surface area contributed by atoms with E-state index in [1.165, 1.54) is 10.9 Å². The van der Waals surface area contributed by atoms with Crippen LogP contribution in [0.1, 0.15) is 0 Å². The number of hydrogen-bond donors (Lipinski definition) is 0. The predicted molar refractivity (Wildman–Crippen MR) is 108 cm³/mol.